The normalized spacial score (nSPS) is 10.8. The molecule has 1 heterocycles. The highest BCUT2D eigenvalue weighted by Gasteiger charge is 2.04. The molecule has 0 unspecified atom stereocenters. The van der Waals surface area contributed by atoms with Gasteiger partial charge in [0.2, 0.25) is 5.95 Å². The second-order valence-electron chi connectivity index (χ2n) is 4.83. The molecule has 4 nitrogen and oxygen atoms in total. The molecular weight excluding hydrogens is 224 g/mol. The van der Waals surface area contributed by atoms with E-state index in [1.807, 2.05) is 12.1 Å². The van der Waals surface area contributed by atoms with Crippen LogP contribution in [0.1, 0.15) is 19.4 Å². The summed E-state index contributed by atoms with van der Waals surface area (Å²) in [5, 5.41) is 0. The molecule has 1 aromatic heterocycles. The Labute approximate surface area is 107 Å². The van der Waals surface area contributed by atoms with Gasteiger partial charge >= 0.3 is 0 Å². The van der Waals surface area contributed by atoms with Crippen LogP contribution in [-0.2, 0) is 6.42 Å². The first-order valence-corrected chi connectivity index (χ1v) is 6.04. The van der Waals surface area contributed by atoms with Crippen LogP contribution in [0.2, 0.25) is 0 Å². The van der Waals surface area contributed by atoms with Gasteiger partial charge in [-0.1, -0.05) is 38.1 Å². The Kier molecular flexibility index (Phi) is 3.46. The van der Waals surface area contributed by atoms with E-state index in [1.54, 1.807) is 6.07 Å². The third-order valence-corrected chi connectivity index (χ3v) is 2.66. The summed E-state index contributed by atoms with van der Waals surface area (Å²) in [6.45, 7) is 4.42. The molecule has 4 N–H and O–H groups in total. The molecule has 0 aliphatic carbocycles. The Morgan fingerprint density at radius 3 is 2.28 bits per heavy atom. The number of rotatable bonds is 3. The van der Waals surface area contributed by atoms with Gasteiger partial charge in [0, 0.05) is 11.6 Å². The predicted octanol–water partition coefficient (Wildman–Crippen LogP) is 2.51. The summed E-state index contributed by atoms with van der Waals surface area (Å²) in [6, 6.07) is 10.0. The van der Waals surface area contributed by atoms with Crippen LogP contribution in [0.5, 0.6) is 0 Å². The van der Waals surface area contributed by atoms with Gasteiger partial charge in [0.05, 0.1) is 5.69 Å². The summed E-state index contributed by atoms with van der Waals surface area (Å²) >= 11 is 0. The van der Waals surface area contributed by atoms with Crippen LogP contribution in [0.3, 0.4) is 0 Å². The van der Waals surface area contributed by atoms with E-state index in [1.165, 1.54) is 5.56 Å². The molecule has 18 heavy (non-hydrogen) atoms. The molecule has 0 spiro atoms. The molecule has 0 bridgehead atoms. The molecule has 94 valence electrons. The molecule has 0 saturated heterocycles. The van der Waals surface area contributed by atoms with Gasteiger partial charge < -0.3 is 11.5 Å². The van der Waals surface area contributed by atoms with Crippen molar-refractivity contribution in [1.82, 2.24) is 9.97 Å². The molecule has 4 heteroatoms. The molecule has 2 aromatic rings. The molecule has 0 amide bonds. The number of aromatic nitrogens is 2. The van der Waals surface area contributed by atoms with Crippen LogP contribution in [0.4, 0.5) is 11.8 Å². The molecule has 0 fully saturated rings. The third kappa shape index (κ3) is 2.97. The van der Waals surface area contributed by atoms with Gasteiger partial charge in [-0.05, 0) is 17.9 Å². The minimum atomic E-state index is 0.205. The van der Waals surface area contributed by atoms with E-state index in [0.29, 0.717) is 11.7 Å². The molecule has 2 rings (SSSR count). The summed E-state index contributed by atoms with van der Waals surface area (Å²) in [4.78, 5) is 8.04. The Morgan fingerprint density at radius 1 is 1.06 bits per heavy atom. The zero-order chi connectivity index (χ0) is 13.1. The maximum Gasteiger partial charge on any atom is 0.222 e. The van der Waals surface area contributed by atoms with Gasteiger partial charge in [-0.3, -0.25) is 0 Å². The van der Waals surface area contributed by atoms with E-state index in [-0.39, 0.29) is 5.95 Å². The Balaban J connectivity index is 2.28. The van der Waals surface area contributed by atoms with Crippen LogP contribution in [0.15, 0.2) is 30.3 Å². The van der Waals surface area contributed by atoms with Gasteiger partial charge in [-0.25, -0.2) is 4.98 Å². The summed E-state index contributed by atoms with van der Waals surface area (Å²) in [7, 11) is 0. The lowest BCUT2D eigenvalue weighted by Crippen LogP contribution is -2.00. The van der Waals surface area contributed by atoms with E-state index >= 15 is 0 Å². The van der Waals surface area contributed by atoms with Gasteiger partial charge in [-0.15, -0.1) is 0 Å². The second kappa shape index (κ2) is 5.04. The zero-order valence-corrected chi connectivity index (χ0v) is 10.7. The van der Waals surface area contributed by atoms with Crippen LogP contribution in [0.25, 0.3) is 11.3 Å². The van der Waals surface area contributed by atoms with E-state index in [9.17, 15) is 0 Å². The van der Waals surface area contributed by atoms with Crippen molar-refractivity contribution in [2.45, 2.75) is 20.3 Å². The van der Waals surface area contributed by atoms with Gasteiger partial charge in [-0.2, -0.15) is 4.98 Å². The van der Waals surface area contributed by atoms with Crippen LogP contribution in [-0.4, -0.2) is 9.97 Å². The predicted molar refractivity (Wildman–Crippen MR) is 74.8 cm³/mol. The van der Waals surface area contributed by atoms with Crippen molar-refractivity contribution >= 4 is 11.8 Å². The lowest BCUT2D eigenvalue weighted by Gasteiger charge is -2.07. The minimum absolute atomic E-state index is 0.205. The van der Waals surface area contributed by atoms with Gasteiger partial charge in [0.25, 0.3) is 0 Å². The molecular formula is C14H18N4. The summed E-state index contributed by atoms with van der Waals surface area (Å²) < 4.78 is 0. The Bertz CT molecular complexity index is 512. The lowest BCUT2D eigenvalue weighted by atomic mass is 10.0. The van der Waals surface area contributed by atoms with Crippen molar-refractivity contribution < 1.29 is 0 Å². The first-order valence-electron chi connectivity index (χ1n) is 6.04. The number of nitrogens with zero attached hydrogens (tertiary/aromatic N) is 2. The minimum Gasteiger partial charge on any atom is -0.384 e. The number of hydrogen-bond acceptors (Lipinski definition) is 4. The first kappa shape index (κ1) is 12.4. The topological polar surface area (TPSA) is 77.8 Å². The van der Waals surface area contributed by atoms with Gasteiger partial charge in [0.15, 0.2) is 0 Å². The smallest absolute Gasteiger partial charge is 0.222 e. The summed E-state index contributed by atoms with van der Waals surface area (Å²) in [6.07, 6.45) is 1.08. The Hall–Kier alpha value is -2.10. The van der Waals surface area contributed by atoms with E-state index in [2.05, 4.69) is 35.9 Å². The molecule has 0 aliphatic rings. The third-order valence-electron chi connectivity index (χ3n) is 2.66. The maximum atomic E-state index is 5.66. The molecule has 0 aliphatic heterocycles. The maximum absolute atomic E-state index is 5.66. The van der Waals surface area contributed by atoms with Crippen molar-refractivity contribution in [3.05, 3.63) is 35.9 Å². The SMILES string of the molecule is CC(C)Cc1ccc(-c2cc(N)nc(N)n2)cc1. The summed E-state index contributed by atoms with van der Waals surface area (Å²) in [5.41, 5.74) is 14.3. The number of benzene rings is 1. The molecule has 0 atom stereocenters. The van der Waals surface area contributed by atoms with Crippen molar-refractivity contribution in [1.29, 1.82) is 0 Å². The average Bonchev–Trinajstić information content (AvgIpc) is 2.27. The van der Waals surface area contributed by atoms with Crippen LogP contribution >= 0.6 is 0 Å². The lowest BCUT2D eigenvalue weighted by molar-refractivity contribution is 0.647. The number of anilines is 2. The molecule has 1 aromatic carbocycles. The van der Waals surface area contributed by atoms with Crippen molar-refractivity contribution in [2.24, 2.45) is 5.92 Å². The standard InChI is InChI=1S/C14H18N4/c1-9(2)7-10-3-5-11(6-4-10)12-8-13(15)18-14(16)17-12/h3-6,8-9H,7H2,1-2H3,(H4,15,16,17,18). The fourth-order valence-electron chi connectivity index (χ4n) is 1.92. The van der Waals surface area contributed by atoms with Gasteiger partial charge in [0.1, 0.15) is 5.82 Å². The fraction of sp³-hybridized carbons (Fsp3) is 0.286. The number of nitrogen functional groups attached to an aromatic ring is 2. The first-order chi connectivity index (χ1) is 8.54. The van der Waals surface area contributed by atoms with Crippen molar-refractivity contribution in [2.75, 3.05) is 11.5 Å². The van der Waals surface area contributed by atoms with Crippen molar-refractivity contribution in [3.8, 4) is 11.3 Å². The zero-order valence-electron chi connectivity index (χ0n) is 10.7. The highest BCUT2D eigenvalue weighted by atomic mass is 15.0. The van der Waals surface area contributed by atoms with E-state index in [4.69, 9.17) is 11.5 Å². The molecule has 0 radical (unpaired) electrons. The van der Waals surface area contributed by atoms with Crippen LogP contribution in [0, 0.1) is 5.92 Å². The quantitative estimate of drug-likeness (QED) is 0.866. The monoisotopic (exact) mass is 242 g/mol. The largest absolute Gasteiger partial charge is 0.384 e. The second-order valence-corrected chi connectivity index (χ2v) is 4.83. The Morgan fingerprint density at radius 2 is 1.72 bits per heavy atom. The van der Waals surface area contributed by atoms with E-state index in [0.717, 1.165) is 17.7 Å². The molecule has 0 saturated carbocycles. The average molecular weight is 242 g/mol. The summed E-state index contributed by atoms with van der Waals surface area (Å²) in [5.74, 6) is 1.25. The number of nitrogens with two attached hydrogens (primary N) is 2. The van der Waals surface area contributed by atoms with Crippen LogP contribution < -0.4 is 11.5 Å². The van der Waals surface area contributed by atoms with E-state index < -0.39 is 0 Å². The number of hydrogen-bond donors (Lipinski definition) is 2. The highest BCUT2D eigenvalue weighted by Crippen LogP contribution is 2.20. The van der Waals surface area contributed by atoms with Crippen molar-refractivity contribution in [3.63, 3.8) is 0 Å². The highest BCUT2D eigenvalue weighted by molar-refractivity contribution is 5.63. The fourth-order valence-corrected chi connectivity index (χ4v) is 1.92.